The lowest BCUT2D eigenvalue weighted by molar-refractivity contribution is 0.0977. The molecule has 2 rings (SSSR count). The number of aryl methyl sites for hydroxylation is 2. The van der Waals surface area contributed by atoms with Crippen molar-refractivity contribution in [1.29, 1.82) is 0 Å². The Morgan fingerprint density at radius 2 is 2.22 bits per heavy atom. The molecule has 2 aromatic rings. The fourth-order valence-electron chi connectivity index (χ4n) is 1.73. The Bertz CT molecular complexity index is 717. The van der Waals surface area contributed by atoms with E-state index in [-0.39, 0.29) is 17.0 Å². The summed E-state index contributed by atoms with van der Waals surface area (Å²) >= 11 is 11.1. The van der Waals surface area contributed by atoms with Crippen LogP contribution < -0.4 is 10.6 Å². The Labute approximate surface area is 144 Å². The summed E-state index contributed by atoms with van der Waals surface area (Å²) in [5.41, 5.74) is 1.32. The number of hydrogen-bond donors (Lipinski definition) is 2. The third-order valence-corrected chi connectivity index (χ3v) is 3.66. The quantitative estimate of drug-likeness (QED) is 0.804. The third kappa shape index (κ3) is 4.97. The molecule has 0 aliphatic carbocycles. The number of carbonyl (C=O) groups excluding carboxylic acids is 1. The molecule has 1 aromatic heterocycles. The fourth-order valence-corrected chi connectivity index (χ4v) is 2.09. The van der Waals surface area contributed by atoms with Gasteiger partial charge in [0.1, 0.15) is 0 Å². The molecule has 0 saturated carbocycles. The van der Waals surface area contributed by atoms with Crippen molar-refractivity contribution in [2.45, 2.75) is 33.2 Å². The smallest absolute Gasteiger partial charge is 0.269 e. The van der Waals surface area contributed by atoms with Crippen LogP contribution in [0.5, 0.6) is 0 Å². The number of aromatic nitrogens is 4. The number of nitrogens with one attached hydrogen (secondary N) is 2. The number of amides is 1. The predicted octanol–water partition coefficient (Wildman–Crippen LogP) is 2.56. The van der Waals surface area contributed by atoms with E-state index >= 15 is 0 Å². The van der Waals surface area contributed by atoms with Crippen molar-refractivity contribution < 1.29 is 4.79 Å². The normalized spacial score (nSPS) is 10.4. The maximum atomic E-state index is 12.1. The lowest BCUT2D eigenvalue weighted by atomic mass is 10.1. The van der Waals surface area contributed by atoms with Crippen molar-refractivity contribution in [3.8, 4) is 0 Å². The van der Waals surface area contributed by atoms with Crippen molar-refractivity contribution in [2.24, 2.45) is 0 Å². The molecule has 0 aliphatic heterocycles. The zero-order valence-corrected chi connectivity index (χ0v) is 14.4. The molecule has 1 amide bonds. The summed E-state index contributed by atoms with van der Waals surface area (Å²) in [6.07, 6.45) is 2.00. The summed E-state index contributed by atoms with van der Waals surface area (Å²) < 4.78 is 0. The molecule has 0 atom stereocenters. The lowest BCUT2D eigenvalue weighted by Gasteiger charge is -2.07. The van der Waals surface area contributed by atoms with Gasteiger partial charge in [-0.25, -0.2) is 0 Å². The molecule has 7 nitrogen and oxygen atoms in total. The summed E-state index contributed by atoms with van der Waals surface area (Å²) in [6.45, 7) is 4.63. The van der Waals surface area contributed by atoms with Crippen LogP contribution in [-0.4, -0.2) is 31.2 Å². The number of nitrogens with zero attached hydrogens (tertiary/aromatic N) is 4. The minimum absolute atomic E-state index is 0.0988. The molecular weight excluding hydrogens is 336 g/mol. The first-order chi connectivity index (χ1) is 11.0. The summed E-state index contributed by atoms with van der Waals surface area (Å²) in [4.78, 5) is 13.6. The van der Waals surface area contributed by atoms with Gasteiger partial charge in [-0.3, -0.25) is 15.4 Å². The van der Waals surface area contributed by atoms with E-state index in [1.807, 2.05) is 6.92 Å². The summed E-state index contributed by atoms with van der Waals surface area (Å²) in [7, 11) is 0. The standard InChI is InChI=1S/C14H17ClN6OS/c1-3-4-7-21-19-13(18-20-21)17-14(23)16-12(22)10-6-5-9(2)11(15)8-10/h5-6,8H,3-4,7H2,1-2H3,(H2,16,17,19,22,23). The van der Waals surface area contributed by atoms with Crippen molar-refractivity contribution in [2.75, 3.05) is 5.32 Å². The van der Waals surface area contributed by atoms with Crippen LogP contribution in [0.2, 0.25) is 5.02 Å². The van der Waals surface area contributed by atoms with Crippen LogP contribution in [0.3, 0.4) is 0 Å². The minimum atomic E-state index is -0.359. The van der Waals surface area contributed by atoms with Crippen LogP contribution in [0.1, 0.15) is 35.7 Å². The van der Waals surface area contributed by atoms with Crippen molar-refractivity contribution in [3.63, 3.8) is 0 Å². The second-order valence-electron chi connectivity index (χ2n) is 4.93. The Balaban J connectivity index is 1.92. The highest BCUT2D eigenvalue weighted by Gasteiger charge is 2.11. The predicted molar refractivity (Wildman–Crippen MR) is 92.6 cm³/mol. The van der Waals surface area contributed by atoms with E-state index in [1.54, 1.807) is 18.2 Å². The molecule has 9 heteroatoms. The number of halogens is 1. The highest BCUT2D eigenvalue weighted by atomic mass is 35.5. The SMILES string of the molecule is CCCCn1nnc(NC(=S)NC(=O)c2ccc(C)c(Cl)c2)n1. The van der Waals surface area contributed by atoms with E-state index < -0.39 is 0 Å². The van der Waals surface area contributed by atoms with E-state index in [0.717, 1.165) is 18.4 Å². The Morgan fingerprint density at radius 3 is 2.91 bits per heavy atom. The van der Waals surface area contributed by atoms with E-state index in [9.17, 15) is 4.79 Å². The van der Waals surface area contributed by atoms with Crippen LogP contribution in [0.4, 0.5) is 5.95 Å². The largest absolute Gasteiger partial charge is 0.299 e. The van der Waals surface area contributed by atoms with Crippen molar-refractivity contribution in [3.05, 3.63) is 34.3 Å². The first-order valence-electron chi connectivity index (χ1n) is 7.16. The lowest BCUT2D eigenvalue weighted by Crippen LogP contribution is -2.34. The maximum Gasteiger partial charge on any atom is 0.269 e. The van der Waals surface area contributed by atoms with E-state index in [4.69, 9.17) is 23.8 Å². The second kappa shape index (κ2) is 7.98. The van der Waals surface area contributed by atoms with Crippen molar-refractivity contribution >= 4 is 40.8 Å². The molecule has 0 aliphatic rings. The molecule has 1 aromatic carbocycles. The van der Waals surface area contributed by atoms with Crippen molar-refractivity contribution in [1.82, 2.24) is 25.5 Å². The van der Waals surface area contributed by atoms with Crippen LogP contribution in [0.15, 0.2) is 18.2 Å². The summed E-state index contributed by atoms with van der Waals surface area (Å²) in [6, 6.07) is 5.04. The average molecular weight is 353 g/mol. The van der Waals surface area contributed by atoms with Crippen LogP contribution in [0.25, 0.3) is 0 Å². The Kier molecular flexibility index (Phi) is 6.00. The molecular formula is C14H17ClN6OS. The molecule has 0 saturated heterocycles. The van der Waals surface area contributed by atoms with Gasteiger partial charge in [-0.2, -0.15) is 4.80 Å². The minimum Gasteiger partial charge on any atom is -0.299 e. The van der Waals surface area contributed by atoms with Crippen LogP contribution in [-0.2, 0) is 6.54 Å². The molecule has 1 heterocycles. The van der Waals surface area contributed by atoms with E-state index in [1.165, 1.54) is 4.80 Å². The number of carbonyl (C=O) groups is 1. The highest BCUT2D eigenvalue weighted by Crippen LogP contribution is 2.16. The zero-order valence-electron chi connectivity index (χ0n) is 12.8. The van der Waals surface area contributed by atoms with Crippen LogP contribution in [0, 0.1) is 6.92 Å². The summed E-state index contributed by atoms with van der Waals surface area (Å²) in [5, 5.41) is 17.7. The number of hydrogen-bond acceptors (Lipinski definition) is 5. The molecule has 0 radical (unpaired) electrons. The molecule has 0 unspecified atom stereocenters. The molecule has 2 N–H and O–H groups in total. The molecule has 0 spiro atoms. The topological polar surface area (TPSA) is 84.7 Å². The van der Waals surface area contributed by atoms with Gasteiger partial charge in [0.25, 0.3) is 11.9 Å². The molecule has 23 heavy (non-hydrogen) atoms. The van der Waals surface area contributed by atoms with Gasteiger partial charge in [0.15, 0.2) is 5.11 Å². The number of benzene rings is 1. The average Bonchev–Trinajstić information content (AvgIpc) is 2.95. The van der Waals surface area contributed by atoms with Gasteiger partial charge in [0.2, 0.25) is 0 Å². The fraction of sp³-hybridized carbons (Fsp3) is 0.357. The molecule has 0 bridgehead atoms. The van der Waals surface area contributed by atoms with Gasteiger partial charge >= 0.3 is 0 Å². The number of anilines is 1. The van der Waals surface area contributed by atoms with Gasteiger partial charge in [-0.05, 0) is 48.5 Å². The Morgan fingerprint density at radius 1 is 1.43 bits per heavy atom. The number of rotatable bonds is 5. The number of thiocarbonyl (C=S) groups is 1. The molecule has 122 valence electrons. The van der Waals surface area contributed by atoms with E-state index in [2.05, 4.69) is 33.0 Å². The van der Waals surface area contributed by atoms with Gasteiger partial charge in [-0.15, -0.1) is 5.10 Å². The van der Waals surface area contributed by atoms with Gasteiger partial charge in [0, 0.05) is 10.6 Å². The van der Waals surface area contributed by atoms with Gasteiger partial charge in [0.05, 0.1) is 6.54 Å². The van der Waals surface area contributed by atoms with Gasteiger partial charge in [-0.1, -0.05) is 36.1 Å². The van der Waals surface area contributed by atoms with E-state index in [0.29, 0.717) is 17.1 Å². The Hall–Kier alpha value is -2.06. The van der Waals surface area contributed by atoms with Crippen LogP contribution >= 0.6 is 23.8 Å². The number of unbranched alkanes of at least 4 members (excludes halogenated alkanes) is 1. The number of tetrazole rings is 1. The first-order valence-corrected chi connectivity index (χ1v) is 7.94. The van der Waals surface area contributed by atoms with Gasteiger partial charge < -0.3 is 0 Å². The zero-order chi connectivity index (χ0) is 16.8. The second-order valence-corrected chi connectivity index (χ2v) is 5.75. The maximum absolute atomic E-state index is 12.1. The highest BCUT2D eigenvalue weighted by molar-refractivity contribution is 7.80. The molecule has 0 fully saturated rings. The third-order valence-electron chi connectivity index (χ3n) is 3.05. The first kappa shape index (κ1) is 17.3. The summed E-state index contributed by atoms with van der Waals surface area (Å²) in [5.74, 6) is -0.115. The monoisotopic (exact) mass is 352 g/mol.